The van der Waals surface area contributed by atoms with E-state index >= 15 is 0 Å². The highest BCUT2D eigenvalue weighted by Gasteiger charge is 1.98. The van der Waals surface area contributed by atoms with Gasteiger partial charge < -0.3 is 5.32 Å². The summed E-state index contributed by atoms with van der Waals surface area (Å²) >= 11 is 0. The van der Waals surface area contributed by atoms with E-state index in [-0.39, 0.29) is 0 Å². The maximum atomic E-state index is 4.21. The van der Waals surface area contributed by atoms with Crippen molar-refractivity contribution in [2.24, 2.45) is 0 Å². The molecular formula is C9H9N3. The lowest BCUT2D eigenvalue weighted by molar-refractivity contribution is 1.29. The molecule has 0 saturated carbocycles. The molecule has 2 aromatic heterocycles. The molecule has 0 radical (unpaired) electrons. The van der Waals surface area contributed by atoms with Crippen molar-refractivity contribution < 1.29 is 0 Å². The van der Waals surface area contributed by atoms with Crippen LogP contribution in [0.4, 0.5) is 5.82 Å². The van der Waals surface area contributed by atoms with Gasteiger partial charge in [-0.1, -0.05) is 0 Å². The van der Waals surface area contributed by atoms with E-state index < -0.39 is 0 Å². The van der Waals surface area contributed by atoms with E-state index in [4.69, 9.17) is 0 Å². The van der Waals surface area contributed by atoms with E-state index in [1.165, 1.54) is 0 Å². The van der Waals surface area contributed by atoms with Crippen LogP contribution in [0.3, 0.4) is 0 Å². The second-order valence-corrected chi connectivity index (χ2v) is 2.48. The number of nitrogens with zero attached hydrogens (tertiary/aromatic N) is 2. The summed E-state index contributed by atoms with van der Waals surface area (Å²) in [4.78, 5) is 8.38. The third-order valence-corrected chi connectivity index (χ3v) is 1.77. The molecule has 0 aliphatic carbocycles. The highest BCUT2D eigenvalue weighted by Crippen LogP contribution is 2.17. The van der Waals surface area contributed by atoms with Crippen LogP contribution >= 0.6 is 0 Å². The minimum absolute atomic E-state index is 0.876. The molecule has 3 nitrogen and oxygen atoms in total. The maximum Gasteiger partial charge on any atom is 0.135 e. The first kappa shape index (κ1) is 7.03. The average Bonchev–Trinajstić information content (AvgIpc) is 2.17. The van der Waals surface area contributed by atoms with Crippen LogP contribution in [0, 0.1) is 0 Å². The summed E-state index contributed by atoms with van der Waals surface area (Å²) in [5.74, 6) is 0.876. The molecular weight excluding hydrogens is 150 g/mol. The molecule has 0 aliphatic rings. The quantitative estimate of drug-likeness (QED) is 0.687. The van der Waals surface area contributed by atoms with Crippen molar-refractivity contribution in [2.75, 3.05) is 12.4 Å². The van der Waals surface area contributed by atoms with Gasteiger partial charge in [0.05, 0.1) is 5.52 Å². The van der Waals surface area contributed by atoms with Gasteiger partial charge in [-0.25, -0.2) is 4.98 Å². The molecule has 2 rings (SSSR count). The predicted molar refractivity (Wildman–Crippen MR) is 49.1 cm³/mol. The normalized spacial score (nSPS) is 10.1. The number of rotatable bonds is 1. The third kappa shape index (κ3) is 0.993. The van der Waals surface area contributed by atoms with E-state index in [1.807, 2.05) is 25.2 Å². The van der Waals surface area contributed by atoms with E-state index in [1.54, 1.807) is 12.4 Å². The largest absolute Gasteiger partial charge is 0.373 e. The zero-order valence-electron chi connectivity index (χ0n) is 6.78. The highest BCUT2D eigenvalue weighted by molar-refractivity contribution is 5.88. The summed E-state index contributed by atoms with van der Waals surface area (Å²) in [6.07, 6.45) is 3.53. The van der Waals surface area contributed by atoms with Crippen molar-refractivity contribution >= 4 is 16.7 Å². The fourth-order valence-electron chi connectivity index (χ4n) is 1.20. The molecule has 3 heteroatoms. The van der Waals surface area contributed by atoms with E-state index in [2.05, 4.69) is 15.3 Å². The highest BCUT2D eigenvalue weighted by atomic mass is 15.0. The average molecular weight is 159 g/mol. The molecule has 0 atom stereocenters. The minimum atomic E-state index is 0.876. The fourth-order valence-corrected chi connectivity index (χ4v) is 1.20. The number of hydrogen-bond donors (Lipinski definition) is 1. The second-order valence-electron chi connectivity index (χ2n) is 2.48. The first-order valence-corrected chi connectivity index (χ1v) is 3.79. The number of pyridine rings is 2. The van der Waals surface area contributed by atoms with Crippen LogP contribution in [0.5, 0.6) is 0 Å². The Morgan fingerprint density at radius 1 is 1.17 bits per heavy atom. The first-order chi connectivity index (χ1) is 5.92. The summed E-state index contributed by atoms with van der Waals surface area (Å²) in [7, 11) is 1.86. The molecule has 0 bridgehead atoms. The van der Waals surface area contributed by atoms with Gasteiger partial charge in [0.2, 0.25) is 0 Å². The molecule has 0 saturated heterocycles. The zero-order chi connectivity index (χ0) is 8.39. The third-order valence-electron chi connectivity index (χ3n) is 1.77. The molecule has 1 N–H and O–H groups in total. The van der Waals surface area contributed by atoms with Crippen LogP contribution in [-0.2, 0) is 0 Å². The Balaban J connectivity index is 2.79. The van der Waals surface area contributed by atoms with Gasteiger partial charge in [-0.3, -0.25) is 4.98 Å². The van der Waals surface area contributed by atoms with Gasteiger partial charge in [-0.2, -0.15) is 0 Å². The number of anilines is 1. The van der Waals surface area contributed by atoms with Crippen LogP contribution in [0.15, 0.2) is 30.6 Å². The number of nitrogens with one attached hydrogen (secondary N) is 1. The van der Waals surface area contributed by atoms with E-state index in [0.29, 0.717) is 0 Å². The summed E-state index contributed by atoms with van der Waals surface area (Å²) in [5.41, 5.74) is 0.969. The second kappa shape index (κ2) is 2.77. The molecule has 0 spiro atoms. The van der Waals surface area contributed by atoms with Gasteiger partial charge in [-0.15, -0.1) is 0 Å². The Morgan fingerprint density at radius 3 is 2.92 bits per heavy atom. The van der Waals surface area contributed by atoms with Gasteiger partial charge in [0.15, 0.2) is 0 Å². The lowest BCUT2D eigenvalue weighted by Gasteiger charge is -2.01. The lowest BCUT2D eigenvalue weighted by atomic mass is 10.2. The number of hydrogen-bond acceptors (Lipinski definition) is 3. The first-order valence-electron chi connectivity index (χ1n) is 3.79. The van der Waals surface area contributed by atoms with Crippen LogP contribution in [-0.4, -0.2) is 17.0 Å². The summed E-state index contributed by atoms with van der Waals surface area (Å²) in [5, 5.41) is 4.08. The van der Waals surface area contributed by atoms with Crippen molar-refractivity contribution in [3.63, 3.8) is 0 Å². The van der Waals surface area contributed by atoms with Crippen LogP contribution in [0.1, 0.15) is 0 Å². The smallest absolute Gasteiger partial charge is 0.135 e. The fraction of sp³-hybridized carbons (Fsp3) is 0.111. The van der Waals surface area contributed by atoms with Crippen LogP contribution in [0.25, 0.3) is 10.9 Å². The Hall–Kier alpha value is -1.64. The number of fused-ring (bicyclic) bond motifs is 1. The van der Waals surface area contributed by atoms with Gasteiger partial charge in [0, 0.05) is 24.8 Å². The summed E-state index contributed by atoms with van der Waals surface area (Å²) in [6, 6.07) is 5.81. The molecule has 12 heavy (non-hydrogen) atoms. The maximum absolute atomic E-state index is 4.21. The van der Waals surface area contributed by atoms with Crippen molar-refractivity contribution in [3.8, 4) is 0 Å². The minimum Gasteiger partial charge on any atom is -0.373 e. The molecule has 0 unspecified atom stereocenters. The Labute approximate surface area is 70.5 Å². The number of aromatic nitrogens is 2. The molecule has 60 valence electrons. The SMILES string of the molecule is CNc1nccc2ncccc12. The molecule has 0 aromatic carbocycles. The standard InChI is InChI=1S/C9H9N3/c1-10-9-7-3-2-5-11-8(7)4-6-12-9/h2-6H,1H3,(H,10,12). The topological polar surface area (TPSA) is 37.8 Å². The van der Waals surface area contributed by atoms with E-state index in [9.17, 15) is 0 Å². The van der Waals surface area contributed by atoms with Crippen molar-refractivity contribution in [3.05, 3.63) is 30.6 Å². The zero-order valence-corrected chi connectivity index (χ0v) is 6.78. The Kier molecular flexibility index (Phi) is 1.63. The monoisotopic (exact) mass is 159 g/mol. The van der Waals surface area contributed by atoms with Gasteiger partial charge >= 0.3 is 0 Å². The summed E-state index contributed by atoms with van der Waals surface area (Å²) in [6.45, 7) is 0. The Bertz CT molecular complexity index is 392. The molecule has 2 aromatic rings. The molecule has 2 heterocycles. The molecule has 0 fully saturated rings. The van der Waals surface area contributed by atoms with Crippen LogP contribution < -0.4 is 5.32 Å². The van der Waals surface area contributed by atoms with Gasteiger partial charge in [0.25, 0.3) is 0 Å². The van der Waals surface area contributed by atoms with Gasteiger partial charge in [-0.05, 0) is 18.2 Å². The molecule has 0 amide bonds. The lowest BCUT2D eigenvalue weighted by Crippen LogP contribution is -1.93. The molecule has 0 aliphatic heterocycles. The summed E-state index contributed by atoms with van der Waals surface area (Å²) < 4.78 is 0. The van der Waals surface area contributed by atoms with Crippen LogP contribution in [0.2, 0.25) is 0 Å². The Morgan fingerprint density at radius 2 is 2.08 bits per heavy atom. The predicted octanol–water partition coefficient (Wildman–Crippen LogP) is 1.67. The van der Waals surface area contributed by atoms with Gasteiger partial charge in [0.1, 0.15) is 5.82 Å². The van der Waals surface area contributed by atoms with E-state index in [0.717, 1.165) is 16.7 Å². The van der Waals surface area contributed by atoms with Crippen molar-refractivity contribution in [1.82, 2.24) is 9.97 Å². The van der Waals surface area contributed by atoms with Crippen molar-refractivity contribution in [2.45, 2.75) is 0 Å². The van der Waals surface area contributed by atoms with Crippen molar-refractivity contribution in [1.29, 1.82) is 0 Å².